The van der Waals surface area contributed by atoms with E-state index in [0.29, 0.717) is 25.8 Å². The van der Waals surface area contributed by atoms with E-state index in [1.807, 2.05) is 44.2 Å². The van der Waals surface area contributed by atoms with Crippen LogP contribution in [0.15, 0.2) is 35.3 Å². The first-order valence-electron chi connectivity index (χ1n) is 13.0. The number of nitrogens with zero attached hydrogens (tertiary/aromatic N) is 3. The Kier molecular flexibility index (Phi) is 12.2. The number of likely N-dealkylation sites (tertiary alicyclic amines) is 1. The van der Waals surface area contributed by atoms with Crippen LogP contribution in [0.5, 0.6) is 0 Å². The quantitative estimate of drug-likeness (QED) is 0.212. The van der Waals surface area contributed by atoms with Crippen LogP contribution in [0.3, 0.4) is 0 Å². The molecule has 0 spiro atoms. The Morgan fingerprint density at radius 1 is 1.18 bits per heavy atom. The number of benzene rings is 1. The third-order valence-electron chi connectivity index (χ3n) is 6.74. The number of halogens is 1. The molecule has 1 aliphatic rings. The topological polar surface area (TPSA) is 148 Å². The summed E-state index contributed by atoms with van der Waals surface area (Å²) in [6, 6.07) is 7.64. The first-order valence-corrected chi connectivity index (χ1v) is 13.0. The van der Waals surface area contributed by atoms with Crippen molar-refractivity contribution in [2.24, 2.45) is 28.3 Å². The number of alkyl halides is 1. The molecule has 38 heavy (non-hydrogen) atoms. The molecule has 3 atom stereocenters. The highest BCUT2D eigenvalue weighted by Gasteiger charge is 2.41. The van der Waals surface area contributed by atoms with E-state index in [-0.39, 0.29) is 49.6 Å². The van der Waals surface area contributed by atoms with Crippen molar-refractivity contribution in [2.45, 2.75) is 64.6 Å². The zero-order valence-corrected chi connectivity index (χ0v) is 22.5. The number of guanidine groups is 1. The molecule has 0 aromatic heterocycles. The number of ether oxygens (including phenoxy) is 1. The van der Waals surface area contributed by atoms with Crippen LogP contribution in [-0.2, 0) is 25.7 Å². The van der Waals surface area contributed by atoms with Gasteiger partial charge in [-0.2, -0.15) is 0 Å². The molecular weight excluding hydrogens is 493 g/mol. The summed E-state index contributed by atoms with van der Waals surface area (Å²) in [5.74, 6) is -2.43. The van der Waals surface area contributed by atoms with Gasteiger partial charge in [0.05, 0.1) is 6.04 Å². The fourth-order valence-electron chi connectivity index (χ4n) is 4.78. The van der Waals surface area contributed by atoms with E-state index in [1.54, 1.807) is 0 Å². The Morgan fingerprint density at radius 3 is 2.47 bits per heavy atom. The van der Waals surface area contributed by atoms with Crippen molar-refractivity contribution >= 4 is 29.5 Å². The van der Waals surface area contributed by atoms with Crippen molar-refractivity contribution in [3.63, 3.8) is 0 Å². The van der Waals surface area contributed by atoms with Crippen molar-refractivity contribution in [2.75, 3.05) is 26.8 Å². The SMILES string of the molecule is CC(C)[C@@H](C(=O)N1CCC[C@H]1C(=O)C[C@@H](CCCN=C(N)N)C(=O)CF)N(C)C(=O)OCc1ccccc1. The van der Waals surface area contributed by atoms with E-state index in [4.69, 9.17) is 16.2 Å². The van der Waals surface area contributed by atoms with Crippen LogP contribution in [-0.4, -0.2) is 78.2 Å². The zero-order chi connectivity index (χ0) is 28.2. The number of ketones is 2. The molecule has 0 bridgehead atoms. The van der Waals surface area contributed by atoms with Gasteiger partial charge in [-0.3, -0.25) is 24.3 Å². The standard InChI is InChI=1S/C27H40FN5O5/c1-18(2)24(32(3)27(37)38-17-19-9-5-4-6-10-19)25(36)33-14-8-12-21(33)22(34)15-20(23(35)16-28)11-7-13-31-26(29)30/h4-6,9-10,18,20-21,24H,7-8,11-17H2,1-3H3,(H4,29,30,31)/t20-,21+,24+/m1/s1. The molecule has 1 aromatic carbocycles. The predicted molar refractivity (Wildman–Crippen MR) is 142 cm³/mol. The van der Waals surface area contributed by atoms with Gasteiger partial charge >= 0.3 is 6.09 Å². The van der Waals surface area contributed by atoms with Crippen molar-refractivity contribution in [3.05, 3.63) is 35.9 Å². The Balaban J connectivity index is 2.07. The van der Waals surface area contributed by atoms with Crippen LogP contribution in [0.4, 0.5) is 9.18 Å². The van der Waals surface area contributed by atoms with E-state index in [9.17, 15) is 23.6 Å². The van der Waals surface area contributed by atoms with E-state index in [1.165, 1.54) is 16.8 Å². The third-order valence-corrected chi connectivity index (χ3v) is 6.74. The predicted octanol–water partition coefficient (Wildman–Crippen LogP) is 2.44. The lowest BCUT2D eigenvalue weighted by Gasteiger charge is -2.35. The number of hydrogen-bond donors (Lipinski definition) is 2. The molecule has 10 nitrogen and oxygen atoms in total. The maximum atomic E-state index is 13.6. The van der Waals surface area contributed by atoms with E-state index in [0.717, 1.165) is 5.56 Å². The molecule has 1 fully saturated rings. The summed E-state index contributed by atoms with van der Waals surface area (Å²) in [5.41, 5.74) is 11.4. The highest BCUT2D eigenvalue weighted by atomic mass is 19.1. The molecule has 1 heterocycles. The molecule has 1 aliphatic heterocycles. The van der Waals surface area contributed by atoms with Gasteiger partial charge in [-0.1, -0.05) is 44.2 Å². The number of rotatable bonds is 14. The van der Waals surface area contributed by atoms with E-state index >= 15 is 0 Å². The minimum absolute atomic E-state index is 0.0705. The Labute approximate surface area is 223 Å². The summed E-state index contributed by atoms with van der Waals surface area (Å²) < 4.78 is 18.6. The Bertz CT molecular complexity index is 983. The highest BCUT2D eigenvalue weighted by Crippen LogP contribution is 2.26. The second kappa shape index (κ2) is 15.0. The number of nitrogens with two attached hydrogens (primary N) is 2. The van der Waals surface area contributed by atoms with Crippen LogP contribution in [0.1, 0.15) is 51.5 Å². The third kappa shape index (κ3) is 8.81. The van der Waals surface area contributed by atoms with E-state index in [2.05, 4.69) is 4.99 Å². The lowest BCUT2D eigenvalue weighted by molar-refractivity contribution is -0.143. The van der Waals surface area contributed by atoms with Gasteiger partial charge in [-0.25, -0.2) is 9.18 Å². The molecule has 4 N–H and O–H groups in total. The van der Waals surface area contributed by atoms with Crippen molar-refractivity contribution in [1.82, 2.24) is 9.80 Å². The first kappa shape index (κ1) is 30.7. The second-order valence-corrected chi connectivity index (χ2v) is 9.95. The van der Waals surface area contributed by atoms with Gasteiger partial charge in [-0.15, -0.1) is 0 Å². The normalized spacial score (nSPS) is 16.6. The van der Waals surface area contributed by atoms with Crippen LogP contribution in [0.2, 0.25) is 0 Å². The number of hydrogen-bond acceptors (Lipinski definition) is 6. The van der Waals surface area contributed by atoms with Crippen molar-refractivity contribution in [1.29, 1.82) is 0 Å². The van der Waals surface area contributed by atoms with Gasteiger partial charge in [0.1, 0.15) is 19.3 Å². The van der Waals surface area contributed by atoms with Gasteiger partial charge in [0.2, 0.25) is 5.91 Å². The van der Waals surface area contributed by atoms with Crippen LogP contribution in [0.25, 0.3) is 0 Å². The number of carbonyl (C=O) groups excluding carboxylic acids is 4. The van der Waals surface area contributed by atoms with Gasteiger partial charge in [0, 0.05) is 32.5 Å². The largest absolute Gasteiger partial charge is 0.445 e. The van der Waals surface area contributed by atoms with Gasteiger partial charge in [-0.05, 0) is 37.2 Å². The lowest BCUT2D eigenvalue weighted by atomic mass is 9.90. The van der Waals surface area contributed by atoms with Gasteiger partial charge in [0.25, 0.3) is 0 Å². The molecule has 0 radical (unpaired) electrons. The summed E-state index contributed by atoms with van der Waals surface area (Å²) in [6.07, 6.45) is 0.929. The smallest absolute Gasteiger partial charge is 0.410 e. The molecule has 0 saturated carbocycles. The fraction of sp³-hybridized carbons (Fsp3) is 0.593. The summed E-state index contributed by atoms with van der Waals surface area (Å²) in [7, 11) is 1.51. The Morgan fingerprint density at radius 2 is 1.87 bits per heavy atom. The molecular formula is C27H40FN5O5. The number of likely N-dealkylation sites (N-methyl/N-ethyl adjacent to an activating group) is 1. The average Bonchev–Trinajstić information content (AvgIpc) is 3.39. The number of carbonyl (C=O) groups is 4. The van der Waals surface area contributed by atoms with Crippen LogP contribution < -0.4 is 11.5 Å². The van der Waals surface area contributed by atoms with Gasteiger partial charge in [0.15, 0.2) is 17.5 Å². The molecule has 11 heteroatoms. The number of aliphatic imine (C=N–C) groups is 1. The zero-order valence-electron chi connectivity index (χ0n) is 22.5. The van der Waals surface area contributed by atoms with Gasteiger partial charge < -0.3 is 21.1 Å². The lowest BCUT2D eigenvalue weighted by Crippen LogP contribution is -2.54. The number of Topliss-reactive ketones (excluding diaryl/α,β-unsaturated/α-hetero) is 2. The summed E-state index contributed by atoms with van der Waals surface area (Å²) >= 11 is 0. The molecule has 2 rings (SSSR count). The number of amides is 2. The molecule has 0 unspecified atom stereocenters. The second-order valence-electron chi connectivity index (χ2n) is 9.95. The minimum Gasteiger partial charge on any atom is -0.445 e. The Hall–Kier alpha value is -3.50. The van der Waals surface area contributed by atoms with Crippen molar-refractivity contribution in [3.8, 4) is 0 Å². The molecule has 210 valence electrons. The van der Waals surface area contributed by atoms with Crippen molar-refractivity contribution < 1.29 is 28.3 Å². The van der Waals surface area contributed by atoms with Crippen LogP contribution in [0, 0.1) is 11.8 Å². The monoisotopic (exact) mass is 533 g/mol. The summed E-state index contributed by atoms with van der Waals surface area (Å²) in [4.78, 5) is 58.5. The minimum atomic E-state index is -1.17. The average molecular weight is 534 g/mol. The summed E-state index contributed by atoms with van der Waals surface area (Å²) in [6.45, 7) is 3.17. The maximum Gasteiger partial charge on any atom is 0.410 e. The molecule has 1 aromatic rings. The molecule has 0 aliphatic carbocycles. The first-order chi connectivity index (χ1) is 18.1. The molecule has 1 saturated heterocycles. The fourth-order valence-corrected chi connectivity index (χ4v) is 4.78. The maximum absolute atomic E-state index is 13.6. The van der Waals surface area contributed by atoms with Crippen LogP contribution >= 0.6 is 0 Å². The molecule has 2 amide bonds. The van der Waals surface area contributed by atoms with E-state index < -0.39 is 36.6 Å². The highest BCUT2D eigenvalue weighted by molar-refractivity contribution is 5.95. The summed E-state index contributed by atoms with van der Waals surface area (Å²) in [5, 5.41) is 0.